The monoisotopic (exact) mass is 356 g/mol. The lowest BCUT2D eigenvalue weighted by Gasteiger charge is -2.32. The van der Waals surface area contributed by atoms with Crippen LogP contribution in [-0.2, 0) is 22.7 Å². The second kappa shape index (κ2) is 9.31. The van der Waals surface area contributed by atoms with Crippen LogP contribution in [0.3, 0.4) is 0 Å². The summed E-state index contributed by atoms with van der Waals surface area (Å²) in [6.45, 7) is 2.94. The molecule has 0 bridgehead atoms. The smallest absolute Gasteiger partial charge is 0.341 e. The summed E-state index contributed by atoms with van der Waals surface area (Å²) in [7, 11) is 0. The molecule has 1 aliphatic heterocycles. The van der Waals surface area contributed by atoms with Crippen molar-refractivity contribution in [1.29, 1.82) is 0 Å². The third-order valence-corrected chi connectivity index (χ3v) is 4.46. The SMILES string of the molecule is O=C(O)COc1ccccc1CN1CCC(OCc2cccnc2)CC1. The van der Waals surface area contributed by atoms with Crippen LogP contribution in [0.15, 0.2) is 48.8 Å². The summed E-state index contributed by atoms with van der Waals surface area (Å²) in [5, 5.41) is 8.80. The minimum absolute atomic E-state index is 0.268. The van der Waals surface area contributed by atoms with Crippen LogP contribution in [0.4, 0.5) is 0 Å². The standard InChI is InChI=1S/C20H24N2O4/c23-20(24)15-26-19-6-2-1-5-17(19)13-22-10-7-18(8-11-22)25-14-16-4-3-9-21-12-16/h1-6,9,12,18H,7-8,10-11,13-15H2,(H,23,24). The van der Waals surface area contributed by atoms with Crippen LogP contribution in [-0.4, -0.2) is 46.8 Å². The van der Waals surface area contributed by atoms with Crippen molar-refractivity contribution < 1.29 is 19.4 Å². The molecule has 1 N–H and O–H groups in total. The molecule has 0 spiro atoms. The van der Waals surface area contributed by atoms with E-state index in [1.165, 1.54) is 0 Å². The first-order valence-corrected chi connectivity index (χ1v) is 8.86. The van der Waals surface area contributed by atoms with Crippen molar-refractivity contribution in [2.75, 3.05) is 19.7 Å². The van der Waals surface area contributed by atoms with Crippen molar-refractivity contribution >= 4 is 5.97 Å². The summed E-state index contributed by atoms with van der Waals surface area (Å²) in [5.74, 6) is -0.323. The van der Waals surface area contributed by atoms with Gasteiger partial charge in [-0.1, -0.05) is 24.3 Å². The molecule has 1 saturated heterocycles. The van der Waals surface area contributed by atoms with E-state index in [0.717, 1.165) is 43.6 Å². The van der Waals surface area contributed by atoms with Crippen LogP contribution >= 0.6 is 0 Å². The van der Waals surface area contributed by atoms with E-state index in [9.17, 15) is 4.79 Å². The topological polar surface area (TPSA) is 71.9 Å². The molecule has 0 saturated carbocycles. The molecule has 1 aliphatic rings. The van der Waals surface area contributed by atoms with Gasteiger partial charge in [-0.3, -0.25) is 9.88 Å². The van der Waals surface area contributed by atoms with Gasteiger partial charge in [0, 0.05) is 37.6 Å². The van der Waals surface area contributed by atoms with Gasteiger partial charge in [-0.05, 0) is 30.5 Å². The summed E-state index contributed by atoms with van der Waals surface area (Å²) in [5.41, 5.74) is 2.11. The Morgan fingerprint density at radius 3 is 2.73 bits per heavy atom. The van der Waals surface area contributed by atoms with Gasteiger partial charge in [-0.2, -0.15) is 0 Å². The van der Waals surface area contributed by atoms with Gasteiger partial charge in [0.1, 0.15) is 5.75 Å². The van der Waals surface area contributed by atoms with Gasteiger partial charge >= 0.3 is 5.97 Å². The molecule has 0 unspecified atom stereocenters. The number of likely N-dealkylation sites (tertiary alicyclic amines) is 1. The number of rotatable bonds is 8. The van der Waals surface area contributed by atoms with Crippen molar-refractivity contribution in [3.63, 3.8) is 0 Å². The number of aromatic nitrogens is 1. The zero-order chi connectivity index (χ0) is 18.2. The Morgan fingerprint density at radius 1 is 1.19 bits per heavy atom. The Morgan fingerprint density at radius 2 is 2.00 bits per heavy atom. The molecule has 2 aromatic rings. The van der Waals surface area contributed by atoms with Crippen molar-refractivity contribution in [2.45, 2.75) is 32.1 Å². The van der Waals surface area contributed by atoms with Crippen LogP contribution in [0.25, 0.3) is 0 Å². The molecule has 1 aromatic carbocycles. The number of carboxylic acids is 1. The fourth-order valence-electron chi connectivity index (χ4n) is 3.09. The lowest BCUT2D eigenvalue weighted by atomic mass is 10.1. The van der Waals surface area contributed by atoms with E-state index in [0.29, 0.717) is 12.4 Å². The van der Waals surface area contributed by atoms with E-state index in [-0.39, 0.29) is 12.7 Å². The molecule has 138 valence electrons. The van der Waals surface area contributed by atoms with E-state index < -0.39 is 5.97 Å². The summed E-state index contributed by atoms with van der Waals surface area (Å²) >= 11 is 0. The molecule has 3 rings (SSSR count). The van der Waals surface area contributed by atoms with Gasteiger partial charge in [0.2, 0.25) is 0 Å². The first-order valence-electron chi connectivity index (χ1n) is 8.86. The van der Waals surface area contributed by atoms with Crippen LogP contribution in [0.2, 0.25) is 0 Å². The number of aliphatic carboxylic acids is 1. The molecule has 2 heterocycles. The van der Waals surface area contributed by atoms with Gasteiger partial charge in [-0.25, -0.2) is 4.79 Å². The lowest BCUT2D eigenvalue weighted by Crippen LogP contribution is -2.36. The minimum atomic E-state index is -0.966. The second-order valence-corrected chi connectivity index (χ2v) is 6.44. The number of benzene rings is 1. The number of para-hydroxylation sites is 1. The molecular formula is C20H24N2O4. The highest BCUT2D eigenvalue weighted by atomic mass is 16.5. The fourth-order valence-corrected chi connectivity index (χ4v) is 3.09. The molecule has 1 fully saturated rings. The quantitative estimate of drug-likeness (QED) is 0.784. The van der Waals surface area contributed by atoms with E-state index in [4.69, 9.17) is 14.6 Å². The molecule has 0 amide bonds. The van der Waals surface area contributed by atoms with E-state index in [2.05, 4.69) is 9.88 Å². The van der Waals surface area contributed by atoms with Gasteiger partial charge < -0.3 is 14.6 Å². The van der Waals surface area contributed by atoms with Crippen molar-refractivity contribution in [3.8, 4) is 5.75 Å². The van der Waals surface area contributed by atoms with E-state index in [1.807, 2.05) is 42.6 Å². The first-order chi connectivity index (χ1) is 12.7. The highest BCUT2D eigenvalue weighted by molar-refractivity contribution is 5.68. The Labute approximate surface area is 153 Å². The molecule has 1 aromatic heterocycles. The molecule has 0 atom stereocenters. The van der Waals surface area contributed by atoms with Crippen LogP contribution in [0.1, 0.15) is 24.0 Å². The first kappa shape index (κ1) is 18.4. The number of carbonyl (C=O) groups is 1. The normalized spacial score (nSPS) is 15.7. The largest absolute Gasteiger partial charge is 0.482 e. The maximum Gasteiger partial charge on any atom is 0.341 e. The molecule has 6 nitrogen and oxygen atoms in total. The molecular weight excluding hydrogens is 332 g/mol. The number of piperidine rings is 1. The molecule has 26 heavy (non-hydrogen) atoms. The Kier molecular flexibility index (Phi) is 6.57. The van der Waals surface area contributed by atoms with Crippen molar-refractivity contribution in [2.24, 2.45) is 0 Å². The predicted molar refractivity (Wildman–Crippen MR) is 96.9 cm³/mol. The predicted octanol–water partition coefficient (Wildman–Crippen LogP) is 2.73. The number of hydrogen-bond acceptors (Lipinski definition) is 5. The summed E-state index contributed by atoms with van der Waals surface area (Å²) in [6.07, 6.45) is 5.84. The third-order valence-electron chi connectivity index (χ3n) is 4.46. The average Bonchev–Trinajstić information content (AvgIpc) is 2.67. The Hall–Kier alpha value is -2.44. The average molecular weight is 356 g/mol. The Bertz CT molecular complexity index is 700. The summed E-state index contributed by atoms with van der Waals surface area (Å²) < 4.78 is 11.4. The van der Waals surface area contributed by atoms with Crippen molar-refractivity contribution in [3.05, 3.63) is 59.9 Å². The lowest BCUT2D eigenvalue weighted by molar-refractivity contribution is -0.139. The van der Waals surface area contributed by atoms with Crippen molar-refractivity contribution in [1.82, 2.24) is 9.88 Å². The zero-order valence-electron chi connectivity index (χ0n) is 14.7. The van der Waals surface area contributed by atoms with E-state index >= 15 is 0 Å². The highest BCUT2D eigenvalue weighted by Gasteiger charge is 2.20. The fraction of sp³-hybridized carbons (Fsp3) is 0.400. The minimum Gasteiger partial charge on any atom is -0.482 e. The number of carboxylic acid groups (broad SMARTS) is 1. The molecule has 0 radical (unpaired) electrons. The molecule has 6 heteroatoms. The van der Waals surface area contributed by atoms with Crippen LogP contribution in [0, 0.1) is 0 Å². The Balaban J connectivity index is 1.46. The third kappa shape index (κ3) is 5.54. The number of nitrogens with zero attached hydrogens (tertiary/aromatic N) is 2. The van der Waals surface area contributed by atoms with Gasteiger partial charge in [0.15, 0.2) is 6.61 Å². The maximum absolute atomic E-state index is 10.7. The highest BCUT2D eigenvalue weighted by Crippen LogP contribution is 2.23. The second-order valence-electron chi connectivity index (χ2n) is 6.44. The zero-order valence-corrected chi connectivity index (χ0v) is 14.7. The van der Waals surface area contributed by atoms with Gasteiger partial charge in [0.25, 0.3) is 0 Å². The number of pyridine rings is 1. The number of ether oxygens (including phenoxy) is 2. The number of hydrogen-bond donors (Lipinski definition) is 1. The van der Waals surface area contributed by atoms with Gasteiger partial charge in [-0.15, -0.1) is 0 Å². The maximum atomic E-state index is 10.7. The van der Waals surface area contributed by atoms with Gasteiger partial charge in [0.05, 0.1) is 12.7 Å². The summed E-state index contributed by atoms with van der Waals surface area (Å²) in [4.78, 5) is 17.2. The summed E-state index contributed by atoms with van der Waals surface area (Å²) in [6, 6.07) is 11.6. The van der Waals surface area contributed by atoms with Crippen LogP contribution < -0.4 is 4.74 Å². The molecule has 0 aliphatic carbocycles. The van der Waals surface area contributed by atoms with E-state index in [1.54, 1.807) is 6.20 Å². The van der Waals surface area contributed by atoms with Crippen LogP contribution in [0.5, 0.6) is 5.75 Å².